The summed E-state index contributed by atoms with van der Waals surface area (Å²) in [5, 5.41) is 11.0. The van der Waals surface area contributed by atoms with Crippen molar-refractivity contribution in [1.29, 1.82) is 0 Å². The normalized spacial score (nSPS) is 10.4. The lowest BCUT2D eigenvalue weighted by molar-refractivity contribution is -0.131. The lowest BCUT2D eigenvalue weighted by Crippen LogP contribution is -2.17. The van der Waals surface area contributed by atoms with Crippen LogP contribution in [0.15, 0.2) is 24.3 Å². The molecule has 0 aliphatic heterocycles. The summed E-state index contributed by atoms with van der Waals surface area (Å²) in [5.41, 5.74) is 2.16. The van der Waals surface area contributed by atoms with E-state index in [-0.39, 0.29) is 5.91 Å². The van der Waals surface area contributed by atoms with Crippen molar-refractivity contribution < 1.29 is 14.7 Å². The predicted molar refractivity (Wildman–Crippen MR) is 61.2 cm³/mol. The van der Waals surface area contributed by atoms with Gasteiger partial charge in [0.25, 0.3) is 5.91 Å². The number of aliphatic carboxylic acids is 1. The quantitative estimate of drug-likeness (QED) is 0.756. The van der Waals surface area contributed by atoms with Crippen molar-refractivity contribution in [2.24, 2.45) is 0 Å². The van der Waals surface area contributed by atoms with Crippen LogP contribution in [0.25, 0.3) is 6.08 Å². The van der Waals surface area contributed by atoms with Crippen LogP contribution in [0.3, 0.4) is 0 Å². The second kappa shape index (κ2) is 5.11. The SMILES string of the molecule is CNC(=O)c1ccc(C)c(/C=C/C(=O)O)c1. The summed E-state index contributed by atoms with van der Waals surface area (Å²) in [5.74, 6) is -1.20. The Labute approximate surface area is 93.6 Å². The third-order valence-corrected chi connectivity index (χ3v) is 2.17. The molecule has 0 aliphatic carbocycles. The standard InChI is InChI=1S/C12H13NO3/c1-8-3-4-10(12(16)13-2)7-9(8)5-6-11(14)15/h3-7H,1-2H3,(H,13,16)(H,14,15)/b6-5+. The highest BCUT2D eigenvalue weighted by atomic mass is 16.4. The Balaban J connectivity index is 3.08. The van der Waals surface area contributed by atoms with Crippen molar-refractivity contribution in [1.82, 2.24) is 5.32 Å². The Morgan fingerprint density at radius 1 is 1.38 bits per heavy atom. The Morgan fingerprint density at radius 2 is 2.06 bits per heavy atom. The summed E-state index contributed by atoms with van der Waals surface area (Å²) in [7, 11) is 1.55. The van der Waals surface area contributed by atoms with E-state index < -0.39 is 5.97 Å². The lowest BCUT2D eigenvalue weighted by atomic mass is 10.0. The highest BCUT2D eigenvalue weighted by Gasteiger charge is 2.04. The molecule has 16 heavy (non-hydrogen) atoms. The number of hydrogen-bond acceptors (Lipinski definition) is 2. The third-order valence-electron chi connectivity index (χ3n) is 2.17. The van der Waals surface area contributed by atoms with E-state index in [1.54, 1.807) is 25.2 Å². The molecule has 1 aromatic carbocycles. The molecule has 0 fully saturated rings. The van der Waals surface area contributed by atoms with E-state index in [9.17, 15) is 9.59 Å². The summed E-state index contributed by atoms with van der Waals surface area (Å²) < 4.78 is 0. The van der Waals surface area contributed by atoms with Crippen LogP contribution in [0.1, 0.15) is 21.5 Å². The van der Waals surface area contributed by atoms with Crippen LogP contribution in [0.4, 0.5) is 0 Å². The van der Waals surface area contributed by atoms with E-state index >= 15 is 0 Å². The first kappa shape index (κ1) is 12.0. The first-order valence-electron chi connectivity index (χ1n) is 4.78. The molecule has 0 unspecified atom stereocenters. The molecule has 0 radical (unpaired) electrons. The number of carbonyl (C=O) groups is 2. The minimum atomic E-state index is -1.01. The molecule has 84 valence electrons. The zero-order valence-electron chi connectivity index (χ0n) is 9.15. The number of amides is 1. The number of carboxylic acids is 1. The van der Waals surface area contributed by atoms with Gasteiger partial charge in [0, 0.05) is 18.7 Å². The van der Waals surface area contributed by atoms with Crippen LogP contribution in [-0.2, 0) is 4.79 Å². The van der Waals surface area contributed by atoms with Crippen molar-refractivity contribution in [3.05, 3.63) is 41.0 Å². The largest absolute Gasteiger partial charge is 0.478 e. The summed E-state index contributed by atoms with van der Waals surface area (Å²) in [6, 6.07) is 5.14. The van der Waals surface area contributed by atoms with E-state index in [1.807, 2.05) is 6.92 Å². The molecule has 0 bridgehead atoms. The van der Waals surface area contributed by atoms with Crippen molar-refractivity contribution in [2.75, 3.05) is 7.05 Å². The zero-order valence-corrected chi connectivity index (χ0v) is 9.15. The van der Waals surface area contributed by atoms with E-state index in [0.717, 1.165) is 17.2 Å². The van der Waals surface area contributed by atoms with Gasteiger partial charge in [-0.3, -0.25) is 4.79 Å². The van der Waals surface area contributed by atoms with Gasteiger partial charge in [-0.15, -0.1) is 0 Å². The summed E-state index contributed by atoms with van der Waals surface area (Å²) in [6.07, 6.45) is 2.53. The van der Waals surface area contributed by atoms with Crippen LogP contribution in [0, 0.1) is 6.92 Å². The summed E-state index contributed by atoms with van der Waals surface area (Å²) >= 11 is 0. The van der Waals surface area contributed by atoms with Crippen LogP contribution < -0.4 is 5.32 Å². The van der Waals surface area contributed by atoms with E-state index in [2.05, 4.69) is 5.32 Å². The molecule has 0 saturated carbocycles. The third kappa shape index (κ3) is 2.95. The van der Waals surface area contributed by atoms with Gasteiger partial charge in [0.2, 0.25) is 0 Å². The van der Waals surface area contributed by atoms with Gasteiger partial charge in [-0.2, -0.15) is 0 Å². The van der Waals surface area contributed by atoms with Gasteiger partial charge in [0.15, 0.2) is 0 Å². The van der Waals surface area contributed by atoms with E-state index in [0.29, 0.717) is 5.56 Å². The number of carbonyl (C=O) groups excluding carboxylic acids is 1. The maximum atomic E-state index is 11.4. The molecule has 0 aromatic heterocycles. The van der Waals surface area contributed by atoms with Crippen molar-refractivity contribution in [2.45, 2.75) is 6.92 Å². The fourth-order valence-electron chi connectivity index (χ4n) is 1.27. The van der Waals surface area contributed by atoms with Crippen molar-refractivity contribution in [3.8, 4) is 0 Å². The first-order chi connectivity index (χ1) is 7.54. The van der Waals surface area contributed by atoms with Gasteiger partial charge < -0.3 is 10.4 Å². The van der Waals surface area contributed by atoms with Crippen molar-refractivity contribution >= 4 is 18.0 Å². The maximum Gasteiger partial charge on any atom is 0.328 e. The Morgan fingerprint density at radius 3 is 2.62 bits per heavy atom. The molecule has 2 N–H and O–H groups in total. The number of nitrogens with one attached hydrogen (secondary N) is 1. The predicted octanol–water partition coefficient (Wildman–Crippen LogP) is 1.45. The van der Waals surface area contributed by atoms with Crippen LogP contribution in [0.2, 0.25) is 0 Å². The number of benzene rings is 1. The minimum Gasteiger partial charge on any atom is -0.478 e. The zero-order chi connectivity index (χ0) is 12.1. The van der Waals surface area contributed by atoms with Gasteiger partial charge in [-0.1, -0.05) is 6.07 Å². The molecule has 0 aliphatic rings. The molecule has 0 heterocycles. The molecule has 1 rings (SSSR count). The van der Waals surface area contributed by atoms with Gasteiger partial charge in [0.05, 0.1) is 0 Å². The smallest absolute Gasteiger partial charge is 0.328 e. The molecule has 0 atom stereocenters. The van der Waals surface area contributed by atoms with Gasteiger partial charge in [-0.05, 0) is 36.3 Å². The minimum absolute atomic E-state index is 0.190. The van der Waals surface area contributed by atoms with E-state index in [1.165, 1.54) is 6.08 Å². The Hall–Kier alpha value is -2.10. The molecule has 0 saturated heterocycles. The first-order valence-corrected chi connectivity index (χ1v) is 4.78. The van der Waals surface area contributed by atoms with Crippen LogP contribution in [0.5, 0.6) is 0 Å². The number of aryl methyl sites for hydroxylation is 1. The van der Waals surface area contributed by atoms with Crippen LogP contribution in [-0.4, -0.2) is 24.0 Å². The molecule has 4 nitrogen and oxygen atoms in total. The number of rotatable bonds is 3. The monoisotopic (exact) mass is 219 g/mol. The molecule has 4 heteroatoms. The van der Waals surface area contributed by atoms with Gasteiger partial charge in [0.1, 0.15) is 0 Å². The molecule has 1 amide bonds. The molecule has 1 aromatic rings. The van der Waals surface area contributed by atoms with Crippen molar-refractivity contribution in [3.63, 3.8) is 0 Å². The summed E-state index contributed by atoms with van der Waals surface area (Å²) in [6.45, 7) is 1.86. The average molecular weight is 219 g/mol. The molecule has 0 spiro atoms. The summed E-state index contributed by atoms with van der Waals surface area (Å²) in [4.78, 5) is 21.8. The number of hydrogen-bond donors (Lipinski definition) is 2. The Kier molecular flexibility index (Phi) is 3.83. The fourth-order valence-corrected chi connectivity index (χ4v) is 1.27. The average Bonchev–Trinajstić information content (AvgIpc) is 2.26. The van der Waals surface area contributed by atoms with Gasteiger partial charge in [-0.25, -0.2) is 4.79 Å². The van der Waals surface area contributed by atoms with Crippen LogP contribution >= 0.6 is 0 Å². The highest BCUT2D eigenvalue weighted by Crippen LogP contribution is 2.13. The second-order valence-electron chi connectivity index (χ2n) is 3.32. The van der Waals surface area contributed by atoms with E-state index in [4.69, 9.17) is 5.11 Å². The second-order valence-corrected chi connectivity index (χ2v) is 3.32. The molecular weight excluding hydrogens is 206 g/mol. The fraction of sp³-hybridized carbons (Fsp3) is 0.167. The molecular formula is C12H13NO3. The van der Waals surface area contributed by atoms with Gasteiger partial charge >= 0.3 is 5.97 Å². The lowest BCUT2D eigenvalue weighted by Gasteiger charge is -2.04. The number of carboxylic acid groups (broad SMARTS) is 1. The maximum absolute atomic E-state index is 11.4. The highest BCUT2D eigenvalue weighted by molar-refractivity contribution is 5.95. The Bertz CT molecular complexity index is 450. The topological polar surface area (TPSA) is 66.4 Å².